The minimum atomic E-state index is -0.453. The number of aliphatic imine (C=N–C) groups is 1. The fourth-order valence-corrected chi connectivity index (χ4v) is 2.56. The second kappa shape index (κ2) is 10.2. The van der Waals surface area contributed by atoms with Gasteiger partial charge in [0.25, 0.3) is 0 Å². The molecular weight excluding hydrogens is 458 g/mol. The largest absolute Gasteiger partial charge is 0.366 e. The van der Waals surface area contributed by atoms with Gasteiger partial charge >= 0.3 is 0 Å². The van der Waals surface area contributed by atoms with E-state index in [0.29, 0.717) is 24.6 Å². The molecule has 0 saturated carbocycles. The van der Waals surface area contributed by atoms with Gasteiger partial charge in [0, 0.05) is 31.1 Å². The fourth-order valence-electron chi connectivity index (χ4n) is 2.56. The molecule has 0 saturated heterocycles. The van der Waals surface area contributed by atoms with E-state index in [1.165, 1.54) is 6.07 Å². The van der Waals surface area contributed by atoms with Crippen molar-refractivity contribution < 1.29 is 9.18 Å². The average molecular weight is 484 g/mol. The van der Waals surface area contributed by atoms with E-state index >= 15 is 0 Å². The standard InChI is InChI=1S/C20H25FN4O.HI/c1-20(2,16-8-5-9-17(21)11-16)13-25-19(23-3)24-12-14-6-4-7-15(10-14)18(22)26;/h4-11H,12-13H2,1-3H3,(H2,22,26)(H2,23,24,25);1H. The molecule has 0 unspecified atom stereocenters. The zero-order valence-corrected chi connectivity index (χ0v) is 18.1. The molecule has 0 bridgehead atoms. The number of amides is 1. The lowest BCUT2D eigenvalue weighted by atomic mass is 9.84. The zero-order chi connectivity index (χ0) is 19.2. The molecule has 27 heavy (non-hydrogen) atoms. The Balaban J connectivity index is 0.00000364. The Kier molecular flexibility index (Phi) is 8.68. The number of hydrogen-bond donors (Lipinski definition) is 3. The van der Waals surface area contributed by atoms with Crippen LogP contribution in [0.25, 0.3) is 0 Å². The van der Waals surface area contributed by atoms with Crippen molar-refractivity contribution in [3.8, 4) is 0 Å². The molecule has 0 aliphatic rings. The number of guanidine groups is 1. The Morgan fingerprint density at radius 2 is 1.85 bits per heavy atom. The van der Waals surface area contributed by atoms with Crippen LogP contribution in [0, 0.1) is 5.82 Å². The minimum absolute atomic E-state index is 0. The van der Waals surface area contributed by atoms with Crippen LogP contribution < -0.4 is 16.4 Å². The van der Waals surface area contributed by atoms with E-state index in [1.54, 1.807) is 37.4 Å². The molecule has 0 fully saturated rings. The zero-order valence-electron chi connectivity index (χ0n) is 15.8. The first-order valence-electron chi connectivity index (χ1n) is 8.41. The molecule has 7 heteroatoms. The number of benzene rings is 2. The van der Waals surface area contributed by atoms with Gasteiger partial charge in [-0.1, -0.05) is 38.1 Å². The number of nitrogens with two attached hydrogens (primary N) is 1. The molecule has 0 spiro atoms. The lowest BCUT2D eigenvalue weighted by Gasteiger charge is -2.27. The van der Waals surface area contributed by atoms with Crippen LogP contribution in [0.1, 0.15) is 35.3 Å². The quantitative estimate of drug-likeness (QED) is 0.335. The minimum Gasteiger partial charge on any atom is -0.366 e. The molecular formula is C20H26FIN4O. The van der Waals surface area contributed by atoms with E-state index in [-0.39, 0.29) is 35.2 Å². The van der Waals surface area contributed by atoms with Crippen LogP contribution in [0.5, 0.6) is 0 Å². The highest BCUT2D eigenvalue weighted by Gasteiger charge is 2.21. The summed E-state index contributed by atoms with van der Waals surface area (Å²) in [4.78, 5) is 15.5. The van der Waals surface area contributed by atoms with Gasteiger partial charge in [0.2, 0.25) is 5.91 Å². The topological polar surface area (TPSA) is 79.5 Å². The van der Waals surface area contributed by atoms with Crippen molar-refractivity contribution in [2.24, 2.45) is 10.7 Å². The van der Waals surface area contributed by atoms with E-state index in [0.717, 1.165) is 11.1 Å². The summed E-state index contributed by atoms with van der Waals surface area (Å²) in [5.74, 6) is -0.0717. The number of carbonyl (C=O) groups is 1. The van der Waals surface area contributed by atoms with E-state index in [4.69, 9.17) is 5.73 Å². The van der Waals surface area contributed by atoms with Crippen molar-refractivity contribution in [2.45, 2.75) is 25.8 Å². The van der Waals surface area contributed by atoms with E-state index in [1.807, 2.05) is 26.0 Å². The van der Waals surface area contributed by atoms with Gasteiger partial charge in [-0.25, -0.2) is 4.39 Å². The number of nitrogens with one attached hydrogen (secondary N) is 2. The summed E-state index contributed by atoms with van der Waals surface area (Å²) in [6.45, 7) is 5.16. The monoisotopic (exact) mass is 484 g/mol. The molecule has 146 valence electrons. The predicted molar refractivity (Wildman–Crippen MR) is 118 cm³/mol. The second-order valence-corrected chi connectivity index (χ2v) is 6.74. The third-order valence-corrected chi connectivity index (χ3v) is 4.20. The maximum absolute atomic E-state index is 13.5. The van der Waals surface area contributed by atoms with E-state index in [2.05, 4.69) is 15.6 Å². The molecule has 2 aromatic carbocycles. The normalized spacial score (nSPS) is 11.5. The highest BCUT2D eigenvalue weighted by Crippen LogP contribution is 2.22. The SMILES string of the molecule is CN=C(NCc1cccc(C(N)=O)c1)NCC(C)(C)c1cccc(F)c1.I. The van der Waals surface area contributed by atoms with Gasteiger partial charge < -0.3 is 16.4 Å². The number of carbonyl (C=O) groups excluding carboxylic acids is 1. The molecule has 2 aromatic rings. The molecule has 0 radical (unpaired) electrons. The summed E-state index contributed by atoms with van der Waals surface area (Å²) >= 11 is 0. The Morgan fingerprint density at radius 3 is 2.48 bits per heavy atom. The van der Waals surface area contributed by atoms with Gasteiger partial charge in [0.05, 0.1) is 0 Å². The number of halogens is 2. The second-order valence-electron chi connectivity index (χ2n) is 6.74. The van der Waals surface area contributed by atoms with Crippen LogP contribution in [-0.4, -0.2) is 25.5 Å². The van der Waals surface area contributed by atoms with Gasteiger partial charge in [-0.05, 0) is 35.4 Å². The van der Waals surface area contributed by atoms with E-state index in [9.17, 15) is 9.18 Å². The lowest BCUT2D eigenvalue weighted by molar-refractivity contribution is 0.1000. The Bertz CT molecular complexity index is 808. The van der Waals surface area contributed by atoms with E-state index < -0.39 is 5.91 Å². The first-order chi connectivity index (χ1) is 12.3. The van der Waals surface area contributed by atoms with Gasteiger partial charge in [0.15, 0.2) is 5.96 Å². The van der Waals surface area contributed by atoms with Crippen molar-refractivity contribution in [1.82, 2.24) is 10.6 Å². The number of primary amides is 1. The smallest absolute Gasteiger partial charge is 0.248 e. The van der Waals surface area contributed by atoms with Crippen LogP contribution in [0.3, 0.4) is 0 Å². The first-order valence-corrected chi connectivity index (χ1v) is 8.41. The number of hydrogen-bond acceptors (Lipinski definition) is 2. The Hall–Kier alpha value is -2.16. The molecule has 4 N–H and O–H groups in total. The first kappa shape index (κ1) is 22.9. The molecule has 1 amide bonds. The summed E-state index contributed by atoms with van der Waals surface area (Å²) in [7, 11) is 1.68. The van der Waals surface area contributed by atoms with Crippen molar-refractivity contribution in [1.29, 1.82) is 0 Å². The maximum Gasteiger partial charge on any atom is 0.248 e. The van der Waals surface area contributed by atoms with Gasteiger partial charge in [-0.2, -0.15) is 0 Å². The Labute approximate surface area is 176 Å². The molecule has 0 aliphatic heterocycles. The van der Waals surface area contributed by atoms with Crippen molar-refractivity contribution in [3.63, 3.8) is 0 Å². The van der Waals surface area contributed by atoms with Crippen LogP contribution in [-0.2, 0) is 12.0 Å². The highest BCUT2D eigenvalue weighted by molar-refractivity contribution is 14.0. The number of rotatable bonds is 6. The highest BCUT2D eigenvalue weighted by atomic mass is 127. The Morgan fingerprint density at radius 1 is 1.15 bits per heavy atom. The molecule has 0 heterocycles. The van der Waals surface area contributed by atoms with Crippen LogP contribution >= 0.6 is 24.0 Å². The van der Waals surface area contributed by atoms with Crippen molar-refractivity contribution in [3.05, 3.63) is 71.0 Å². The number of nitrogens with zero attached hydrogens (tertiary/aromatic N) is 1. The van der Waals surface area contributed by atoms with Gasteiger partial charge in [-0.15, -0.1) is 24.0 Å². The fraction of sp³-hybridized carbons (Fsp3) is 0.300. The summed E-state index contributed by atoms with van der Waals surface area (Å²) in [6.07, 6.45) is 0. The molecule has 2 rings (SSSR count). The average Bonchev–Trinajstić information content (AvgIpc) is 2.62. The lowest BCUT2D eigenvalue weighted by Crippen LogP contribution is -2.43. The maximum atomic E-state index is 13.5. The van der Waals surface area contributed by atoms with Crippen molar-refractivity contribution >= 4 is 35.8 Å². The third-order valence-electron chi connectivity index (χ3n) is 4.20. The molecule has 0 atom stereocenters. The van der Waals surface area contributed by atoms with Crippen LogP contribution in [0.4, 0.5) is 4.39 Å². The van der Waals surface area contributed by atoms with Gasteiger partial charge in [0.1, 0.15) is 5.82 Å². The van der Waals surface area contributed by atoms with Crippen molar-refractivity contribution in [2.75, 3.05) is 13.6 Å². The van der Waals surface area contributed by atoms with Gasteiger partial charge in [-0.3, -0.25) is 9.79 Å². The third kappa shape index (κ3) is 6.82. The predicted octanol–water partition coefficient (Wildman–Crippen LogP) is 3.19. The van der Waals surface area contributed by atoms with Crippen LogP contribution in [0.15, 0.2) is 53.5 Å². The summed E-state index contributed by atoms with van der Waals surface area (Å²) < 4.78 is 13.5. The van der Waals surface area contributed by atoms with Crippen LogP contribution in [0.2, 0.25) is 0 Å². The summed E-state index contributed by atoms with van der Waals surface area (Å²) in [6, 6.07) is 13.7. The summed E-state index contributed by atoms with van der Waals surface area (Å²) in [5.41, 5.74) is 7.34. The molecule has 5 nitrogen and oxygen atoms in total. The molecule has 0 aliphatic carbocycles. The summed E-state index contributed by atoms with van der Waals surface area (Å²) in [5, 5.41) is 6.46. The molecule has 0 aromatic heterocycles.